The summed E-state index contributed by atoms with van der Waals surface area (Å²) in [5.41, 5.74) is 2.91. The van der Waals surface area contributed by atoms with Gasteiger partial charge in [0.1, 0.15) is 0 Å². The maximum absolute atomic E-state index is 9.12. The number of benzene rings is 1. The zero-order chi connectivity index (χ0) is 11.4. The second-order valence-corrected chi connectivity index (χ2v) is 4.75. The number of aryl methyl sites for hydroxylation is 1. The van der Waals surface area contributed by atoms with Gasteiger partial charge in [0, 0.05) is 12.1 Å². The Morgan fingerprint density at radius 3 is 3.00 bits per heavy atom. The van der Waals surface area contributed by atoms with Gasteiger partial charge in [-0.05, 0) is 37.3 Å². The summed E-state index contributed by atoms with van der Waals surface area (Å²) in [6.45, 7) is 2.24. The molecule has 0 bridgehead atoms. The van der Waals surface area contributed by atoms with Crippen molar-refractivity contribution in [3.05, 3.63) is 35.4 Å². The molecular formula is C14H21NO. The summed E-state index contributed by atoms with van der Waals surface area (Å²) >= 11 is 0. The highest BCUT2D eigenvalue weighted by molar-refractivity contribution is 5.31. The smallest absolute Gasteiger partial charge is 0.0582 e. The van der Waals surface area contributed by atoms with E-state index in [0.29, 0.717) is 6.04 Å². The van der Waals surface area contributed by atoms with Crippen molar-refractivity contribution in [1.82, 2.24) is 5.32 Å². The summed E-state index contributed by atoms with van der Waals surface area (Å²) in [6.07, 6.45) is 4.93. The third-order valence-electron chi connectivity index (χ3n) is 3.38. The topological polar surface area (TPSA) is 32.3 Å². The van der Waals surface area contributed by atoms with Crippen LogP contribution in [-0.2, 0) is 6.42 Å². The minimum Gasteiger partial charge on any atom is -0.395 e. The van der Waals surface area contributed by atoms with E-state index in [9.17, 15) is 0 Å². The molecule has 1 aliphatic rings. The SMILES string of the molecule is C[C@@H](CO)NC1CCCCc2ccccc21. The van der Waals surface area contributed by atoms with Gasteiger partial charge < -0.3 is 10.4 Å². The van der Waals surface area contributed by atoms with Crippen LogP contribution in [0.25, 0.3) is 0 Å². The van der Waals surface area contributed by atoms with Crippen LogP contribution in [0.2, 0.25) is 0 Å². The van der Waals surface area contributed by atoms with E-state index >= 15 is 0 Å². The average molecular weight is 219 g/mol. The fraction of sp³-hybridized carbons (Fsp3) is 0.571. The molecule has 0 fully saturated rings. The zero-order valence-corrected chi connectivity index (χ0v) is 9.95. The van der Waals surface area contributed by atoms with E-state index in [1.54, 1.807) is 0 Å². The van der Waals surface area contributed by atoms with Crippen LogP contribution in [0.15, 0.2) is 24.3 Å². The Bertz CT molecular complexity index is 337. The van der Waals surface area contributed by atoms with Gasteiger partial charge in [-0.3, -0.25) is 0 Å². The van der Waals surface area contributed by atoms with E-state index in [-0.39, 0.29) is 12.6 Å². The lowest BCUT2D eigenvalue weighted by molar-refractivity contribution is 0.238. The first-order valence-corrected chi connectivity index (χ1v) is 6.26. The Kier molecular flexibility index (Phi) is 3.97. The first-order valence-electron chi connectivity index (χ1n) is 6.26. The zero-order valence-electron chi connectivity index (χ0n) is 9.95. The first kappa shape index (κ1) is 11.6. The van der Waals surface area contributed by atoms with E-state index in [4.69, 9.17) is 5.11 Å². The van der Waals surface area contributed by atoms with Gasteiger partial charge in [-0.25, -0.2) is 0 Å². The van der Waals surface area contributed by atoms with Crippen molar-refractivity contribution in [2.24, 2.45) is 0 Å². The summed E-state index contributed by atoms with van der Waals surface area (Å²) in [4.78, 5) is 0. The Morgan fingerprint density at radius 2 is 2.19 bits per heavy atom. The molecule has 0 heterocycles. The lowest BCUT2D eigenvalue weighted by Gasteiger charge is -2.22. The Hall–Kier alpha value is -0.860. The molecule has 88 valence electrons. The van der Waals surface area contributed by atoms with Gasteiger partial charge in [0.15, 0.2) is 0 Å². The molecule has 2 N–H and O–H groups in total. The maximum atomic E-state index is 9.12. The highest BCUT2D eigenvalue weighted by atomic mass is 16.3. The van der Waals surface area contributed by atoms with Crippen molar-refractivity contribution >= 4 is 0 Å². The van der Waals surface area contributed by atoms with E-state index in [0.717, 1.165) is 0 Å². The van der Waals surface area contributed by atoms with Crippen LogP contribution in [0.1, 0.15) is 43.4 Å². The lowest BCUT2D eigenvalue weighted by atomic mass is 9.98. The summed E-state index contributed by atoms with van der Waals surface area (Å²) in [7, 11) is 0. The molecule has 2 heteroatoms. The van der Waals surface area contributed by atoms with Crippen LogP contribution in [0.3, 0.4) is 0 Å². The highest BCUT2D eigenvalue weighted by Crippen LogP contribution is 2.28. The van der Waals surface area contributed by atoms with Crippen molar-refractivity contribution in [2.45, 2.75) is 44.7 Å². The van der Waals surface area contributed by atoms with Gasteiger partial charge in [-0.1, -0.05) is 30.7 Å². The molecule has 0 radical (unpaired) electrons. The fourth-order valence-corrected chi connectivity index (χ4v) is 2.49. The number of fused-ring (bicyclic) bond motifs is 1. The highest BCUT2D eigenvalue weighted by Gasteiger charge is 2.19. The lowest BCUT2D eigenvalue weighted by Crippen LogP contribution is -2.33. The van der Waals surface area contributed by atoms with Crippen LogP contribution >= 0.6 is 0 Å². The average Bonchev–Trinajstić information content (AvgIpc) is 2.52. The molecule has 0 saturated heterocycles. The Morgan fingerprint density at radius 1 is 1.38 bits per heavy atom. The number of nitrogens with one attached hydrogen (secondary N) is 1. The van der Waals surface area contributed by atoms with E-state index < -0.39 is 0 Å². The first-order chi connectivity index (χ1) is 7.81. The molecule has 0 aromatic heterocycles. The number of hydrogen-bond donors (Lipinski definition) is 2. The summed E-state index contributed by atoms with van der Waals surface area (Å²) < 4.78 is 0. The normalized spacial score (nSPS) is 22.2. The van der Waals surface area contributed by atoms with Gasteiger partial charge in [-0.2, -0.15) is 0 Å². The van der Waals surface area contributed by atoms with Crippen LogP contribution < -0.4 is 5.32 Å². The molecule has 2 atom stereocenters. The van der Waals surface area contributed by atoms with Gasteiger partial charge in [0.05, 0.1) is 6.61 Å². The number of aliphatic hydroxyl groups excluding tert-OH is 1. The third-order valence-corrected chi connectivity index (χ3v) is 3.38. The van der Waals surface area contributed by atoms with Gasteiger partial charge in [0.25, 0.3) is 0 Å². The second-order valence-electron chi connectivity index (χ2n) is 4.75. The predicted molar refractivity (Wildman–Crippen MR) is 66.4 cm³/mol. The van der Waals surface area contributed by atoms with E-state index in [2.05, 4.69) is 29.6 Å². The largest absolute Gasteiger partial charge is 0.395 e. The van der Waals surface area contributed by atoms with Crippen LogP contribution in [0, 0.1) is 0 Å². The van der Waals surface area contributed by atoms with Gasteiger partial charge in [0.2, 0.25) is 0 Å². The number of hydrogen-bond acceptors (Lipinski definition) is 2. The molecule has 1 aromatic rings. The Labute approximate surface area is 97.7 Å². The third kappa shape index (κ3) is 2.63. The van der Waals surface area contributed by atoms with Crippen LogP contribution in [-0.4, -0.2) is 17.8 Å². The van der Waals surface area contributed by atoms with Crippen molar-refractivity contribution in [3.8, 4) is 0 Å². The van der Waals surface area contributed by atoms with Crippen molar-refractivity contribution in [2.75, 3.05) is 6.61 Å². The summed E-state index contributed by atoms with van der Waals surface area (Å²) in [6, 6.07) is 9.29. The van der Waals surface area contributed by atoms with Crippen molar-refractivity contribution < 1.29 is 5.11 Å². The van der Waals surface area contributed by atoms with E-state index in [1.165, 1.54) is 36.8 Å². The van der Waals surface area contributed by atoms with Gasteiger partial charge >= 0.3 is 0 Å². The molecule has 2 nitrogen and oxygen atoms in total. The molecule has 0 saturated carbocycles. The fourth-order valence-electron chi connectivity index (χ4n) is 2.49. The van der Waals surface area contributed by atoms with Crippen molar-refractivity contribution in [1.29, 1.82) is 0 Å². The summed E-state index contributed by atoms with van der Waals surface area (Å²) in [5, 5.41) is 12.6. The van der Waals surface area contributed by atoms with Crippen LogP contribution in [0.4, 0.5) is 0 Å². The molecule has 1 aliphatic carbocycles. The molecule has 0 spiro atoms. The van der Waals surface area contributed by atoms with Crippen molar-refractivity contribution in [3.63, 3.8) is 0 Å². The summed E-state index contributed by atoms with van der Waals surface area (Å²) in [5.74, 6) is 0. The Balaban J connectivity index is 2.19. The maximum Gasteiger partial charge on any atom is 0.0582 e. The number of rotatable bonds is 3. The molecule has 0 amide bonds. The standard InChI is InChI=1S/C14H21NO/c1-11(10-16)15-14-9-5-3-7-12-6-2-4-8-13(12)14/h2,4,6,8,11,14-16H,3,5,7,9-10H2,1H3/t11-,14?/m0/s1. The minimum absolute atomic E-state index is 0.177. The van der Waals surface area contributed by atoms with Gasteiger partial charge in [-0.15, -0.1) is 0 Å². The predicted octanol–water partition coefficient (Wildman–Crippen LogP) is 2.42. The number of aliphatic hydroxyl groups is 1. The quantitative estimate of drug-likeness (QED) is 0.765. The van der Waals surface area contributed by atoms with E-state index in [1.807, 2.05) is 6.92 Å². The molecule has 1 aromatic carbocycles. The molecular weight excluding hydrogens is 198 g/mol. The monoisotopic (exact) mass is 219 g/mol. The second kappa shape index (κ2) is 5.46. The molecule has 2 rings (SSSR count). The molecule has 16 heavy (non-hydrogen) atoms. The minimum atomic E-state index is 0.177. The van der Waals surface area contributed by atoms with Crippen LogP contribution in [0.5, 0.6) is 0 Å². The molecule has 1 unspecified atom stereocenters. The molecule has 0 aliphatic heterocycles.